The number of nitrogens with zero attached hydrogens (tertiary/aromatic N) is 5. The molecule has 2 aromatic heterocycles. The molecule has 1 N–H and O–H groups in total. The number of aromatic nitrogens is 3. The molecule has 4 heterocycles. The van der Waals surface area contributed by atoms with Gasteiger partial charge in [0.15, 0.2) is 5.82 Å². The number of nitrogens with one attached hydrogen (secondary N) is 1. The molecule has 0 aliphatic carbocycles. The molecule has 0 spiro atoms. The third-order valence-electron chi connectivity index (χ3n) is 6.70. The van der Waals surface area contributed by atoms with Gasteiger partial charge in [0.2, 0.25) is 0 Å². The summed E-state index contributed by atoms with van der Waals surface area (Å²) in [6.07, 6.45) is 6.12. The monoisotopic (exact) mass is 434 g/mol. The van der Waals surface area contributed by atoms with Gasteiger partial charge in [0.1, 0.15) is 0 Å². The fourth-order valence-corrected chi connectivity index (χ4v) is 5.26. The number of benzene rings is 2. The predicted molar refractivity (Wildman–Crippen MR) is 131 cm³/mol. The van der Waals surface area contributed by atoms with E-state index in [4.69, 9.17) is 10.2 Å². The molecular formula is C27H26N6. The third-order valence-corrected chi connectivity index (χ3v) is 6.70. The van der Waals surface area contributed by atoms with Gasteiger partial charge >= 0.3 is 0 Å². The Labute approximate surface area is 193 Å². The van der Waals surface area contributed by atoms with Crippen LogP contribution in [0.25, 0.3) is 28.3 Å². The van der Waals surface area contributed by atoms with Gasteiger partial charge < -0.3 is 14.8 Å². The number of hydrogen-bond donors (Lipinski definition) is 1. The van der Waals surface area contributed by atoms with Gasteiger partial charge in [0.05, 0.1) is 23.0 Å². The maximum absolute atomic E-state index is 9.11. The molecule has 2 atom stereocenters. The molecule has 4 aromatic rings. The Bertz CT molecular complexity index is 1360. The summed E-state index contributed by atoms with van der Waals surface area (Å²) >= 11 is 0. The van der Waals surface area contributed by atoms with E-state index in [9.17, 15) is 0 Å². The first-order valence-corrected chi connectivity index (χ1v) is 11.5. The highest BCUT2D eigenvalue weighted by Crippen LogP contribution is 2.35. The van der Waals surface area contributed by atoms with Crippen LogP contribution in [0.15, 0.2) is 67.1 Å². The second kappa shape index (κ2) is 7.65. The summed E-state index contributed by atoms with van der Waals surface area (Å²) in [6, 6.07) is 19.9. The predicted octanol–water partition coefficient (Wildman–Crippen LogP) is 4.43. The van der Waals surface area contributed by atoms with Gasteiger partial charge in [-0.15, -0.1) is 0 Å². The lowest BCUT2D eigenvalue weighted by molar-refractivity contribution is 0.407. The van der Waals surface area contributed by atoms with Gasteiger partial charge in [0.25, 0.3) is 0 Å². The lowest BCUT2D eigenvalue weighted by Gasteiger charge is -2.38. The third kappa shape index (κ3) is 3.42. The Balaban J connectivity index is 1.42. The first kappa shape index (κ1) is 19.8. The quantitative estimate of drug-likeness (QED) is 0.447. The van der Waals surface area contributed by atoms with E-state index in [1.807, 2.05) is 36.7 Å². The van der Waals surface area contributed by atoms with E-state index in [1.54, 1.807) is 0 Å². The Morgan fingerprint density at radius 1 is 1.00 bits per heavy atom. The molecule has 164 valence electrons. The van der Waals surface area contributed by atoms with Crippen molar-refractivity contribution in [3.63, 3.8) is 0 Å². The molecule has 6 heteroatoms. The van der Waals surface area contributed by atoms with Gasteiger partial charge in [0, 0.05) is 61.6 Å². The summed E-state index contributed by atoms with van der Waals surface area (Å²) in [6.45, 7) is 7.31. The van der Waals surface area contributed by atoms with Crippen LogP contribution in [0.5, 0.6) is 0 Å². The molecule has 2 aliphatic rings. The number of piperazine rings is 1. The van der Waals surface area contributed by atoms with Crippen LogP contribution in [0.2, 0.25) is 0 Å². The molecule has 6 rings (SSSR count). The molecule has 0 unspecified atom stereocenters. The number of rotatable bonds is 2. The van der Waals surface area contributed by atoms with Crippen molar-refractivity contribution in [3.8, 4) is 34.4 Å². The van der Waals surface area contributed by atoms with Crippen LogP contribution in [0.4, 0.5) is 5.69 Å². The van der Waals surface area contributed by atoms with Crippen molar-refractivity contribution in [1.82, 2.24) is 19.4 Å². The van der Waals surface area contributed by atoms with Crippen molar-refractivity contribution < 1.29 is 0 Å². The summed E-state index contributed by atoms with van der Waals surface area (Å²) in [4.78, 5) is 7.19. The first-order valence-electron chi connectivity index (χ1n) is 11.5. The van der Waals surface area contributed by atoms with E-state index in [0.717, 1.165) is 42.3 Å². The first-order chi connectivity index (χ1) is 16.1. The molecule has 2 aromatic carbocycles. The van der Waals surface area contributed by atoms with Crippen LogP contribution >= 0.6 is 0 Å². The second-order valence-corrected chi connectivity index (χ2v) is 9.24. The van der Waals surface area contributed by atoms with Gasteiger partial charge in [-0.05, 0) is 61.4 Å². The number of anilines is 1. The molecule has 0 amide bonds. The lowest BCUT2D eigenvalue weighted by atomic mass is 10.1. The summed E-state index contributed by atoms with van der Waals surface area (Å²) < 4.78 is 4.49. The van der Waals surface area contributed by atoms with E-state index >= 15 is 0 Å². The molecule has 0 radical (unpaired) electrons. The number of fused-ring (bicyclic) bond motifs is 5. The van der Waals surface area contributed by atoms with Crippen LogP contribution in [-0.4, -0.2) is 39.3 Å². The molecule has 2 aliphatic heterocycles. The van der Waals surface area contributed by atoms with Crippen molar-refractivity contribution in [1.29, 1.82) is 5.26 Å². The molecule has 0 bridgehead atoms. The minimum absolute atomic E-state index is 0.471. The maximum atomic E-state index is 9.11. The molecule has 1 saturated heterocycles. The van der Waals surface area contributed by atoms with E-state index in [1.165, 1.54) is 16.9 Å². The van der Waals surface area contributed by atoms with Crippen molar-refractivity contribution in [3.05, 3.63) is 78.2 Å². The SMILES string of the molecule is C[C@@H]1CN(c2ccc3c(c2)Cn2cc(-c4ccc(C#N)cc4)cc2-c2nccn2-3)C[C@H](C)N1. The standard InChI is InChI=1S/C27H26N6/c1-18-14-31(15-19(2)30-18)24-7-8-25-23(11-24)17-32-16-22(21-5-3-20(13-28)4-6-21)12-26(32)27-29-9-10-33(25)27/h3-12,16,18-19,30H,14-15,17H2,1-2H3/t18-,19+. The largest absolute Gasteiger partial charge is 0.368 e. The summed E-state index contributed by atoms with van der Waals surface area (Å²) in [5, 5.41) is 12.7. The fraction of sp³-hybridized carbons (Fsp3) is 0.259. The Hall–Kier alpha value is -3.82. The number of nitriles is 1. The van der Waals surface area contributed by atoms with E-state index in [-0.39, 0.29) is 0 Å². The van der Waals surface area contributed by atoms with Crippen LogP contribution in [0.1, 0.15) is 25.0 Å². The molecule has 0 saturated carbocycles. The van der Waals surface area contributed by atoms with Crippen LogP contribution in [0.3, 0.4) is 0 Å². The van der Waals surface area contributed by atoms with Gasteiger partial charge in [-0.25, -0.2) is 4.98 Å². The van der Waals surface area contributed by atoms with Gasteiger partial charge in [-0.1, -0.05) is 12.1 Å². The normalized spacial score (nSPS) is 19.2. The topological polar surface area (TPSA) is 61.8 Å². The summed E-state index contributed by atoms with van der Waals surface area (Å²) in [7, 11) is 0. The molecular weight excluding hydrogens is 408 g/mol. The van der Waals surface area contributed by atoms with Crippen molar-refractivity contribution in [2.75, 3.05) is 18.0 Å². The fourth-order valence-electron chi connectivity index (χ4n) is 5.26. The van der Waals surface area contributed by atoms with Crippen molar-refractivity contribution >= 4 is 5.69 Å². The van der Waals surface area contributed by atoms with Crippen molar-refractivity contribution in [2.24, 2.45) is 0 Å². The Morgan fingerprint density at radius 2 is 1.79 bits per heavy atom. The van der Waals surface area contributed by atoms with E-state index < -0.39 is 0 Å². The summed E-state index contributed by atoms with van der Waals surface area (Å²) in [5.74, 6) is 0.950. The van der Waals surface area contributed by atoms with Gasteiger partial charge in [-0.3, -0.25) is 4.57 Å². The Kier molecular flexibility index (Phi) is 4.60. The Morgan fingerprint density at radius 3 is 2.55 bits per heavy atom. The second-order valence-electron chi connectivity index (χ2n) is 9.24. The highest BCUT2D eigenvalue weighted by molar-refractivity contribution is 5.72. The number of imidazole rings is 1. The highest BCUT2D eigenvalue weighted by atomic mass is 15.2. The lowest BCUT2D eigenvalue weighted by Crippen LogP contribution is -2.54. The van der Waals surface area contributed by atoms with E-state index in [0.29, 0.717) is 17.6 Å². The zero-order chi connectivity index (χ0) is 22.5. The minimum atomic E-state index is 0.471. The molecule has 33 heavy (non-hydrogen) atoms. The zero-order valence-corrected chi connectivity index (χ0v) is 18.9. The average Bonchev–Trinajstić information content (AvgIpc) is 3.43. The smallest absolute Gasteiger partial charge is 0.161 e. The van der Waals surface area contributed by atoms with Crippen molar-refractivity contribution in [2.45, 2.75) is 32.5 Å². The summed E-state index contributed by atoms with van der Waals surface area (Å²) in [5.41, 5.74) is 7.75. The van der Waals surface area contributed by atoms with Crippen LogP contribution in [0, 0.1) is 11.3 Å². The molecule has 1 fully saturated rings. The average molecular weight is 435 g/mol. The zero-order valence-electron chi connectivity index (χ0n) is 18.9. The van der Waals surface area contributed by atoms with Crippen LogP contribution < -0.4 is 10.2 Å². The number of hydrogen-bond acceptors (Lipinski definition) is 4. The van der Waals surface area contributed by atoms with Crippen LogP contribution in [-0.2, 0) is 6.54 Å². The maximum Gasteiger partial charge on any atom is 0.161 e. The highest BCUT2D eigenvalue weighted by Gasteiger charge is 2.24. The van der Waals surface area contributed by atoms with E-state index in [2.05, 4.69) is 69.7 Å². The minimum Gasteiger partial charge on any atom is -0.368 e. The van der Waals surface area contributed by atoms with Gasteiger partial charge in [-0.2, -0.15) is 5.26 Å². The molecule has 6 nitrogen and oxygen atoms in total.